The molecule has 2 heterocycles. The van der Waals surface area contributed by atoms with E-state index in [1.54, 1.807) is 24.3 Å². The quantitative estimate of drug-likeness (QED) is 0.534. The Morgan fingerprint density at radius 3 is 2.56 bits per heavy atom. The van der Waals surface area contributed by atoms with Crippen LogP contribution in [0.5, 0.6) is 17.2 Å². The summed E-state index contributed by atoms with van der Waals surface area (Å²) in [5, 5.41) is 0. The lowest BCUT2D eigenvalue weighted by molar-refractivity contribution is -0.133. The lowest BCUT2D eigenvalue weighted by Crippen LogP contribution is -2.48. The maximum atomic E-state index is 12.7. The predicted octanol–water partition coefficient (Wildman–Crippen LogP) is 2.31. The summed E-state index contributed by atoms with van der Waals surface area (Å²) in [7, 11) is -1.94. The van der Waals surface area contributed by atoms with Crippen molar-refractivity contribution in [1.82, 2.24) is 9.80 Å². The number of carbonyl (C=O) groups is 1. The van der Waals surface area contributed by atoms with Crippen LogP contribution in [0.3, 0.4) is 0 Å². The van der Waals surface area contributed by atoms with Gasteiger partial charge in [-0.15, -0.1) is 0 Å². The normalized spacial score (nSPS) is 15.9. The van der Waals surface area contributed by atoms with Gasteiger partial charge in [-0.1, -0.05) is 12.1 Å². The van der Waals surface area contributed by atoms with Gasteiger partial charge in [-0.2, -0.15) is 0 Å². The molecule has 10 heteroatoms. The fraction of sp³-hybridized carbons (Fsp3) is 0.458. The monoisotopic (exact) mass is 489 g/mol. The van der Waals surface area contributed by atoms with Gasteiger partial charge in [0.25, 0.3) is 0 Å². The SMILES string of the molecule is COc1cccc(N(CCCC(=O)N2CCN(Cc3ccc4c(c3)OCO4)CC2)S(C)(=O)=O)c1. The van der Waals surface area contributed by atoms with Crippen molar-refractivity contribution in [3.05, 3.63) is 48.0 Å². The Labute approximate surface area is 200 Å². The number of piperazine rings is 1. The largest absolute Gasteiger partial charge is 0.497 e. The first-order chi connectivity index (χ1) is 16.3. The molecular weight excluding hydrogens is 458 g/mol. The minimum Gasteiger partial charge on any atom is -0.497 e. The molecule has 0 unspecified atom stereocenters. The first-order valence-electron chi connectivity index (χ1n) is 11.3. The average Bonchev–Trinajstić information content (AvgIpc) is 3.29. The highest BCUT2D eigenvalue weighted by Gasteiger charge is 2.23. The second kappa shape index (κ2) is 10.5. The van der Waals surface area contributed by atoms with E-state index in [1.807, 2.05) is 23.1 Å². The Morgan fingerprint density at radius 1 is 1.06 bits per heavy atom. The lowest BCUT2D eigenvalue weighted by Gasteiger charge is -2.35. The molecule has 184 valence electrons. The van der Waals surface area contributed by atoms with E-state index in [-0.39, 0.29) is 19.2 Å². The second-order valence-corrected chi connectivity index (χ2v) is 10.4. The van der Waals surface area contributed by atoms with Crippen LogP contribution in [0.15, 0.2) is 42.5 Å². The van der Waals surface area contributed by atoms with Gasteiger partial charge in [0.2, 0.25) is 22.7 Å². The molecule has 2 aliphatic heterocycles. The van der Waals surface area contributed by atoms with Crippen LogP contribution in [-0.2, 0) is 21.4 Å². The molecule has 2 aliphatic rings. The highest BCUT2D eigenvalue weighted by Crippen LogP contribution is 2.33. The zero-order valence-corrected chi connectivity index (χ0v) is 20.4. The number of nitrogens with zero attached hydrogens (tertiary/aromatic N) is 3. The van der Waals surface area contributed by atoms with Gasteiger partial charge >= 0.3 is 0 Å². The summed E-state index contributed by atoms with van der Waals surface area (Å²) >= 11 is 0. The van der Waals surface area contributed by atoms with Crippen LogP contribution in [0.1, 0.15) is 18.4 Å². The van der Waals surface area contributed by atoms with E-state index in [4.69, 9.17) is 14.2 Å². The molecule has 0 saturated carbocycles. The molecule has 0 radical (unpaired) electrons. The van der Waals surface area contributed by atoms with E-state index in [1.165, 1.54) is 17.7 Å². The smallest absolute Gasteiger partial charge is 0.232 e. The van der Waals surface area contributed by atoms with Crippen LogP contribution < -0.4 is 18.5 Å². The number of carbonyl (C=O) groups excluding carboxylic acids is 1. The molecule has 1 amide bonds. The molecule has 0 aromatic heterocycles. The summed E-state index contributed by atoms with van der Waals surface area (Å²) in [5.74, 6) is 2.20. The standard InChI is InChI=1S/C24H31N3O6S/c1-31-21-6-3-5-20(16-21)27(34(2,29)30)10-4-7-24(28)26-13-11-25(12-14-26)17-19-8-9-22-23(15-19)33-18-32-22/h3,5-6,8-9,15-16H,4,7,10-14,17-18H2,1-2H3. The Morgan fingerprint density at radius 2 is 1.82 bits per heavy atom. The van der Waals surface area contributed by atoms with Gasteiger partial charge < -0.3 is 19.1 Å². The third-order valence-corrected chi connectivity index (χ3v) is 7.26. The van der Waals surface area contributed by atoms with Gasteiger partial charge in [0.15, 0.2) is 11.5 Å². The van der Waals surface area contributed by atoms with Crippen LogP contribution in [0.25, 0.3) is 0 Å². The molecule has 0 bridgehead atoms. The molecule has 9 nitrogen and oxygen atoms in total. The molecule has 34 heavy (non-hydrogen) atoms. The van der Waals surface area contributed by atoms with Gasteiger partial charge in [-0.25, -0.2) is 8.42 Å². The van der Waals surface area contributed by atoms with Crippen molar-refractivity contribution in [2.24, 2.45) is 0 Å². The molecule has 0 N–H and O–H groups in total. The third kappa shape index (κ3) is 5.92. The molecule has 1 fully saturated rings. The third-order valence-electron chi connectivity index (χ3n) is 6.06. The number of rotatable bonds is 9. The van der Waals surface area contributed by atoms with Crippen LogP contribution in [0.2, 0.25) is 0 Å². The summed E-state index contributed by atoms with van der Waals surface area (Å²) < 4.78 is 42.0. The van der Waals surface area contributed by atoms with E-state index in [2.05, 4.69) is 4.90 Å². The Hall–Kier alpha value is -2.98. The number of benzene rings is 2. The van der Waals surface area contributed by atoms with E-state index >= 15 is 0 Å². The molecule has 2 aromatic rings. The maximum absolute atomic E-state index is 12.7. The number of hydrogen-bond acceptors (Lipinski definition) is 7. The summed E-state index contributed by atoms with van der Waals surface area (Å²) in [4.78, 5) is 16.9. The van der Waals surface area contributed by atoms with E-state index in [9.17, 15) is 13.2 Å². The minimum atomic E-state index is -3.48. The fourth-order valence-corrected chi connectivity index (χ4v) is 5.19. The molecule has 1 saturated heterocycles. The summed E-state index contributed by atoms with van der Waals surface area (Å²) in [6.07, 6.45) is 1.92. The first kappa shape index (κ1) is 24.2. The number of hydrogen-bond donors (Lipinski definition) is 0. The summed E-state index contributed by atoms with van der Waals surface area (Å²) in [5.41, 5.74) is 1.69. The second-order valence-electron chi connectivity index (χ2n) is 8.48. The molecule has 2 aromatic carbocycles. The number of fused-ring (bicyclic) bond motifs is 1. The predicted molar refractivity (Wildman–Crippen MR) is 129 cm³/mol. The lowest BCUT2D eigenvalue weighted by atomic mass is 10.1. The summed E-state index contributed by atoms with van der Waals surface area (Å²) in [6, 6.07) is 12.9. The first-order valence-corrected chi connectivity index (χ1v) is 13.2. The number of methoxy groups -OCH3 is 1. The maximum Gasteiger partial charge on any atom is 0.232 e. The Bertz CT molecular complexity index is 1120. The topological polar surface area (TPSA) is 88.6 Å². The van der Waals surface area contributed by atoms with Crippen molar-refractivity contribution in [2.45, 2.75) is 19.4 Å². The van der Waals surface area contributed by atoms with E-state index < -0.39 is 10.0 Å². The fourth-order valence-electron chi connectivity index (χ4n) is 4.24. The van der Waals surface area contributed by atoms with Crippen molar-refractivity contribution in [2.75, 3.05) is 57.2 Å². The molecule has 0 aliphatic carbocycles. The van der Waals surface area contributed by atoms with Gasteiger partial charge in [0.05, 0.1) is 19.1 Å². The van der Waals surface area contributed by atoms with Gasteiger partial charge in [0.1, 0.15) is 5.75 Å². The van der Waals surface area contributed by atoms with Gasteiger partial charge in [-0.05, 0) is 36.2 Å². The van der Waals surface area contributed by atoms with Crippen LogP contribution in [0, 0.1) is 0 Å². The number of ether oxygens (including phenoxy) is 3. The highest BCUT2D eigenvalue weighted by atomic mass is 32.2. The van der Waals surface area contributed by atoms with Crippen molar-refractivity contribution in [3.63, 3.8) is 0 Å². The zero-order chi connectivity index (χ0) is 24.1. The molecule has 4 rings (SSSR count). The number of anilines is 1. The van der Waals surface area contributed by atoms with Gasteiger partial charge in [-0.3, -0.25) is 14.0 Å². The molecule has 0 spiro atoms. The minimum absolute atomic E-state index is 0.0572. The Kier molecular flexibility index (Phi) is 7.47. The number of sulfonamides is 1. The van der Waals surface area contributed by atoms with E-state index in [0.29, 0.717) is 37.4 Å². The van der Waals surface area contributed by atoms with Crippen LogP contribution >= 0.6 is 0 Å². The summed E-state index contributed by atoms with van der Waals surface area (Å²) in [6.45, 7) is 4.20. The van der Waals surface area contributed by atoms with Gasteiger partial charge in [0, 0.05) is 51.8 Å². The van der Waals surface area contributed by atoms with Crippen molar-refractivity contribution in [3.8, 4) is 17.2 Å². The average molecular weight is 490 g/mol. The van der Waals surface area contributed by atoms with Crippen molar-refractivity contribution in [1.29, 1.82) is 0 Å². The number of amides is 1. The molecule has 0 atom stereocenters. The van der Waals surface area contributed by atoms with E-state index in [0.717, 1.165) is 36.7 Å². The highest BCUT2D eigenvalue weighted by molar-refractivity contribution is 7.92. The van der Waals surface area contributed by atoms with Crippen LogP contribution in [0.4, 0.5) is 5.69 Å². The van der Waals surface area contributed by atoms with Crippen molar-refractivity contribution >= 4 is 21.6 Å². The molecular formula is C24H31N3O6S. The Balaban J connectivity index is 1.25. The van der Waals surface area contributed by atoms with Crippen LogP contribution in [-0.4, -0.2) is 77.0 Å². The zero-order valence-electron chi connectivity index (χ0n) is 19.6. The van der Waals surface area contributed by atoms with Crippen molar-refractivity contribution < 1.29 is 27.4 Å².